The molecule has 37 heavy (non-hydrogen) atoms. The molecule has 0 aliphatic rings. The number of ether oxygens (including phenoxy) is 3. The van der Waals surface area contributed by atoms with Crippen LogP contribution in [0.2, 0.25) is 0 Å². The minimum Gasteiger partial charge on any atom is -0.388 e. The first-order valence-corrected chi connectivity index (χ1v) is 13.2. The SMILES string of the molecule is CCCCCCCCC(CCCCCCc1cc(F)c(F)cc1F)C(OC(C)=O)(OC(C)=O)OC(C)=O. The fourth-order valence-corrected chi connectivity index (χ4v) is 4.40. The summed E-state index contributed by atoms with van der Waals surface area (Å²) in [7, 11) is 0. The van der Waals surface area contributed by atoms with Gasteiger partial charge < -0.3 is 14.2 Å². The van der Waals surface area contributed by atoms with E-state index in [1.54, 1.807) is 0 Å². The van der Waals surface area contributed by atoms with Gasteiger partial charge in [-0.25, -0.2) is 13.2 Å². The Kier molecular flexibility index (Phi) is 14.9. The lowest BCUT2D eigenvalue weighted by molar-refractivity contribution is -0.353. The van der Waals surface area contributed by atoms with Crippen LogP contribution in [0.15, 0.2) is 12.1 Å². The Labute approximate surface area is 218 Å². The summed E-state index contributed by atoms with van der Waals surface area (Å²) in [4.78, 5) is 35.7. The maximum Gasteiger partial charge on any atom is 0.426 e. The average molecular weight is 531 g/mol. The summed E-state index contributed by atoms with van der Waals surface area (Å²) >= 11 is 0. The highest BCUT2D eigenvalue weighted by Gasteiger charge is 2.49. The van der Waals surface area contributed by atoms with Crippen LogP contribution in [0.1, 0.15) is 110 Å². The number of hydrogen-bond donors (Lipinski definition) is 0. The van der Waals surface area contributed by atoms with Gasteiger partial charge in [0.15, 0.2) is 11.6 Å². The number of unbranched alkanes of at least 4 members (excludes halogenated alkanes) is 8. The van der Waals surface area contributed by atoms with Crippen LogP contribution in [-0.2, 0) is 35.0 Å². The zero-order valence-corrected chi connectivity index (χ0v) is 22.5. The fraction of sp³-hybridized carbons (Fsp3) is 0.679. The topological polar surface area (TPSA) is 78.9 Å². The van der Waals surface area contributed by atoms with Gasteiger partial charge in [0.05, 0.1) is 5.92 Å². The van der Waals surface area contributed by atoms with Gasteiger partial charge in [0.2, 0.25) is 0 Å². The van der Waals surface area contributed by atoms with E-state index in [9.17, 15) is 27.6 Å². The Hall–Kier alpha value is -2.58. The average Bonchev–Trinajstić information content (AvgIpc) is 2.78. The minimum absolute atomic E-state index is 0.124. The molecule has 1 aromatic rings. The highest BCUT2D eigenvalue weighted by atomic mass is 19.2. The van der Waals surface area contributed by atoms with Crippen LogP contribution in [0.4, 0.5) is 13.2 Å². The monoisotopic (exact) mass is 530 g/mol. The van der Waals surface area contributed by atoms with Gasteiger partial charge in [0.25, 0.3) is 0 Å². The van der Waals surface area contributed by atoms with Crippen molar-refractivity contribution in [1.29, 1.82) is 0 Å². The maximum atomic E-state index is 13.8. The Morgan fingerprint density at radius 3 is 1.59 bits per heavy atom. The number of carbonyl (C=O) groups is 3. The molecule has 1 aromatic carbocycles. The molecule has 0 bridgehead atoms. The van der Waals surface area contributed by atoms with E-state index in [0.29, 0.717) is 44.6 Å². The van der Waals surface area contributed by atoms with E-state index in [-0.39, 0.29) is 12.0 Å². The number of aryl methyl sites for hydroxylation is 1. The molecule has 210 valence electrons. The second-order valence-electron chi connectivity index (χ2n) is 9.45. The third-order valence-electron chi connectivity index (χ3n) is 6.10. The Bertz CT molecular complexity index is 833. The van der Waals surface area contributed by atoms with Crippen molar-refractivity contribution >= 4 is 17.9 Å². The van der Waals surface area contributed by atoms with E-state index in [2.05, 4.69) is 6.92 Å². The summed E-state index contributed by atoms with van der Waals surface area (Å²) < 4.78 is 56.4. The molecule has 0 radical (unpaired) electrons. The fourth-order valence-electron chi connectivity index (χ4n) is 4.40. The lowest BCUT2D eigenvalue weighted by Gasteiger charge is -2.36. The highest BCUT2D eigenvalue weighted by Crippen LogP contribution is 2.35. The van der Waals surface area contributed by atoms with Gasteiger partial charge in [-0.2, -0.15) is 0 Å². The summed E-state index contributed by atoms with van der Waals surface area (Å²) in [5.41, 5.74) is 0.124. The van der Waals surface area contributed by atoms with E-state index < -0.39 is 47.3 Å². The van der Waals surface area contributed by atoms with Crippen molar-refractivity contribution < 1.29 is 41.8 Å². The second kappa shape index (κ2) is 17.0. The van der Waals surface area contributed by atoms with Crippen molar-refractivity contribution in [2.45, 2.75) is 117 Å². The number of hydrogen-bond acceptors (Lipinski definition) is 6. The van der Waals surface area contributed by atoms with Crippen LogP contribution in [-0.4, -0.2) is 23.9 Å². The largest absolute Gasteiger partial charge is 0.426 e. The van der Waals surface area contributed by atoms with Gasteiger partial charge in [0.1, 0.15) is 5.82 Å². The number of halogens is 3. The lowest BCUT2D eigenvalue weighted by atomic mass is 9.91. The van der Waals surface area contributed by atoms with Crippen molar-refractivity contribution in [2.24, 2.45) is 5.92 Å². The Morgan fingerprint density at radius 1 is 0.676 bits per heavy atom. The predicted octanol–water partition coefficient (Wildman–Crippen LogP) is 7.31. The van der Waals surface area contributed by atoms with Crippen LogP contribution >= 0.6 is 0 Å². The van der Waals surface area contributed by atoms with Crippen LogP contribution in [0.25, 0.3) is 0 Å². The summed E-state index contributed by atoms with van der Waals surface area (Å²) in [6, 6.07) is 1.43. The molecule has 1 unspecified atom stereocenters. The molecule has 1 rings (SSSR count). The third-order valence-corrected chi connectivity index (χ3v) is 6.10. The minimum atomic E-state index is -2.14. The van der Waals surface area contributed by atoms with Crippen molar-refractivity contribution in [3.05, 3.63) is 35.1 Å². The van der Waals surface area contributed by atoms with Gasteiger partial charge in [0, 0.05) is 26.8 Å². The number of benzene rings is 1. The lowest BCUT2D eigenvalue weighted by Crippen LogP contribution is -2.49. The second-order valence-corrected chi connectivity index (χ2v) is 9.45. The molecule has 0 saturated heterocycles. The third kappa shape index (κ3) is 12.5. The molecule has 0 spiro atoms. The van der Waals surface area contributed by atoms with Crippen LogP contribution < -0.4 is 0 Å². The molecule has 0 fully saturated rings. The van der Waals surface area contributed by atoms with Gasteiger partial charge in [-0.15, -0.1) is 0 Å². The standard InChI is InChI=1S/C28H41F3O6/c1-5-6-7-8-9-13-16-24(28(35-20(2)32,36-21(3)33)37-22(4)34)17-14-11-10-12-15-23-18-26(30)27(31)19-25(23)29/h18-19,24H,5-17H2,1-4H3. The van der Waals surface area contributed by atoms with Crippen molar-refractivity contribution in [3.63, 3.8) is 0 Å². The van der Waals surface area contributed by atoms with Crippen LogP contribution in [0.3, 0.4) is 0 Å². The quantitative estimate of drug-likeness (QED) is 0.0857. The first-order chi connectivity index (χ1) is 17.5. The predicted molar refractivity (Wildman–Crippen MR) is 133 cm³/mol. The highest BCUT2D eigenvalue weighted by molar-refractivity contribution is 5.70. The maximum absolute atomic E-state index is 13.8. The van der Waals surface area contributed by atoms with E-state index in [1.165, 1.54) is 0 Å². The molecular formula is C28H41F3O6. The zero-order chi connectivity index (χ0) is 27.8. The molecule has 0 aliphatic carbocycles. The van der Waals surface area contributed by atoms with Gasteiger partial charge in [-0.1, -0.05) is 64.7 Å². The smallest absolute Gasteiger partial charge is 0.388 e. The Morgan fingerprint density at radius 2 is 1.11 bits per heavy atom. The number of carbonyl (C=O) groups excluding carboxylic acids is 3. The van der Waals surface area contributed by atoms with Gasteiger partial charge in [-0.05, 0) is 37.3 Å². The molecular weight excluding hydrogens is 489 g/mol. The van der Waals surface area contributed by atoms with Crippen LogP contribution in [0.5, 0.6) is 0 Å². The Balaban J connectivity index is 2.83. The summed E-state index contributed by atoms with van der Waals surface area (Å²) in [6.07, 6.45) is 9.95. The van der Waals surface area contributed by atoms with Crippen molar-refractivity contribution in [3.8, 4) is 0 Å². The van der Waals surface area contributed by atoms with Crippen molar-refractivity contribution in [1.82, 2.24) is 0 Å². The number of rotatable bonds is 18. The van der Waals surface area contributed by atoms with Gasteiger partial charge in [-0.3, -0.25) is 14.4 Å². The molecule has 0 aliphatic heterocycles. The molecule has 0 N–H and O–H groups in total. The normalized spacial score (nSPS) is 12.2. The van der Waals surface area contributed by atoms with E-state index in [1.807, 2.05) is 0 Å². The first-order valence-electron chi connectivity index (χ1n) is 13.2. The molecule has 9 heteroatoms. The van der Waals surface area contributed by atoms with E-state index >= 15 is 0 Å². The first kappa shape index (κ1) is 32.4. The van der Waals surface area contributed by atoms with E-state index in [4.69, 9.17) is 14.2 Å². The number of esters is 3. The molecule has 0 heterocycles. The van der Waals surface area contributed by atoms with Crippen LogP contribution in [0, 0.1) is 23.4 Å². The molecule has 1 atom stereocenters. The summed E-state index contributed by atoms with van der Waals surface area (Å²) in [6.45, 7) is 5.60. The molecule has 0 amide bonds. The zero-order valence-electron chi connectivity index (χ0n) is 22.5. The van der Waals surface area contributed by atoms with Gasteiger partial charge >= 0.3 is 23.9 Å². The summed E-state index contributed by atoms with van der Waals surface area (Å²) in [5, 5.41) is 0. The molecule has 6 nitrogen and oxygen atoms in total. The van der Waals surface area contributed by atoms with Crippen molar-refractivity contribution in [2.75, 3.05) is 0 Å². The molecule has 0 aromatic heterocycles. The summed E-state index contributed by atoms with van der Waals surface area (Å²) in [5.74, 6) is -8.01. The van der Waals surface area contributed by atoms with E-state index in [0.717, 1.165) is 65.4 Å². The molecule has 0 saturated carbocycles.